The van der Waals surface area contributed by atoms with Gasteiger partial charge in [0.2, 0.25) is 0 Å². The van der Waals surface area contributed by atoms with E-state index in [9.17, 15) is 9.59 Å². The Hall–Kier alpha value is -2.55. The van der Waals surface area contributed by atoms with Gasteiger partial charge in [-0.25, -0.2) is 9.59 Å². The van der Waals surface area contributed by atoms with E-state index in [2.05, 4.69) is 0 Å². The topological polar surface area (TPSA) is 96.6 Å². The molecule has 6 heteroatoms. The molecule has 1 N–H and O–H groups in total. The molecule has 6 nitrogen and oxygen atoms in total. The molecule has 0 unspecified atom stereocenters. The Morgan fingerprint density at radius 2 is 1.90 bits per heavy atom. The van der Waals surface area contributed by atoms with E-state index < -0.39 is 17.7 Å². The molecule has 0 fully saturated rings. The molecule has 0 saturated carbocycles. The lowest BCUT2D eigenvalue weighted by Gasteiger charge is -2.19. The fraction of sp³-hybridized carbons (Fsp3) is 0.357. The van der Waals surface area contributed by atoms with E-state index >= 15 is 0 Å². The second kappa shape index (κ2) is 5.61. The molecule has 0 aliphatic rings. The van der Waals surface area contributed by atoms with Crippen LogP contribution in [0.25, 0.3) is 0 Å². The van der Waals surface area contributed by atoms with Gasteiger partial charge >= 0.3 is 12.1 Å². The molecule has 0 aliphatic heterocycles. The van der Waals surface area contributed by atoms with Gasteiger partial charge < -0.3 is 14.6 Å². The maximum absolute atomic E-state index is 11.6. The summed E-state index contributed by atoms with van der Waals surface area (Å²) in [4.78, 5) is 22.5. The average molecular weight is 277 g/mol. The minimum atomic E-state index is -1.15. The first-order chi connectivity index (χ1) is 9.15. The zero-order chi connectivity index (χ0) is 15.5. The average Bonchev–Trinajstić information content (AvgIpc) is 2.26. The number of carboxylic acid groups (broad SMARTS) is 1. The highest BCUT2D eigenvalue weighted by molar-refractivity contribution is 5.90. The second-order valence-electron chi connectivity index (χ2n) is 5.09. The molecular weight excluding hydrogens is 262 g/mol. The number of ether oxygens (including phenoxy) is 2. The SMILES string of the molecule is Cc1c(C(=O)O)ccc(OC(=O)OC(C)(C)C)c1C#N. The van der Waals surface area contributed by atoms with E-state index in [0.29, 0.717) is 0 Å². The van der Waals surface area contributed by atoms with Gasteiger partial charge in [0.1, 0.15) is 11.7 Å². The minimum Gasteiger partial charge on any atom is -0.478 e. The van der Waals surface area contributed by atoms with Crippen molar-refractivity contribution in [2.45, 2.75) is 33.3 Å². The summed E-state index contributed by atoms with van der Waals surface area (Å²) in [6.07, 6.45) is -0.948. The van der Waals surface area contributed by atoms with Crippen LogP contribution in [0.4, 0.5) is 4.79 Å². The zero-order valence-corrected chi connectivity index (χ0v) is 11.7. The highest BCUT2D eigenvalue weighted by atomic mass is 16.7. The molecular formula is C14H15NO5. The van der Waals surface area contributed by atoms with Crippen molar-refractivity contribution in [1.82, 2.24) is 0 Å². The molecule has 0 heterocycles. The number of hydrogen-bond donors (Lipinski definition) is 1. The van der Waals surface area contributed by atoms with Crippen molar-refractivity contribution in [3.63, 3.8) is 0 Å². The van der Waals surface area contributed by atoms with Gasteiger partial charge in [-0.05, 0) is 45.4 Å². The summed E-state index contributed by atoms with van der Waals surface area (Å²) in [6.45, 7) is 6.51. The van der Waals surface area contributed by atoms with E-state index in [0.717, 1.165) is 0 Å². The van der Waals surface area contributed by atoms with E-state index in [-0.39, 0.29) is 22.4 Å². The first-order valence-corrected chi connectivity index (χ1v) is 5.83. The lowest BCUT2D eigenvalue weighted by molar-refractivity contribution is 0.0205. The monoisotopic (exact) mass is 277 g/mol. The molecule has 0 atom stereocenters. The summed E-state index contributed by atoms with van der Waals surface area (Å²) < 4.78 is 9.92. The molecule has 0 spiro atoms. The number of carbonyl (C=O) groups excluding carboxylic acids is 1. The summed E-state index contributed by atoms with van der Waals surface area (Å²) in [7, 11) is 0. The van der Waals surface area contributed by atoms with Crippen molar-refractivity contribution in [1.29, 1.82) is 5.26 Å². The van der Waals surface area contributed by atoms with Crippen molar-refractivity contribution in [3.8, 4) is 11.8 Å². The van der Waals surface area contributed by atoms with Gasteiger partial charge in [-0.2, -0.15) is 5.26 Å². The van der Waals surface area contributed by atoms with Crippen molar-refractivity contribution >= 4 is 12.1 Å². The van der Waals surface area contributed by atoms with Gasteiger partial charge in [-0.15, -0.1) is 0 Å². The largest absolute Gasteiger partial charge is 0.514 e. The Balaban J connectivity index is 3.09. The molecule has 0 radical (unpaired) electrons. The number of nitriles is 1. The van der Waals surface area contributed by atoms with Crippen LogP contribution in [0.5, 0.6) is 5.75 Å². The van der Waals surface area contributed by atoms with Gasteiger partial charge in [0, 0.05) is 0 Å². The molecule has 1 rings (SSSR count). The van der Waals surface area contributed by atoms with Crippen molar-refractivity contribution < 1.29 is 24.2 Å². The van der Waals surface area contributed by atoms with Crippen molar-refractivity contribution in [2.75, 3.05) is 0 Å². The Morgan fingerprint density at radius 3 is 2.35 bits per heavy atom. The summed E-state index contributed by atoms with van der Waals surface area (Å²) in [5, 5.41) is 18.0. The highest BCUT2D eigenvalue weighted by Crippen LogP contribution is 2.25. The van der Waals surface area contributed by atoms with Crippen LogP contribution < -0.4 is 4.74 Å². The number of aromatic carboxylic acids is 1. The summed E-state index contributed by atoms with van der Waals surface area (Å²) >= 11 is 0. The van der Waals surface area contributed by atoms with Crippen LogP contribution in [0.2, 0.25) is 0 Å². The lowest BCUT2D eigenvalue weighted by atomic mass is 10.0. The number of benzene rings is 1. The van der Waals surface area contributed by atoms with Crippen LogP contribution in [0.1, 0.15) is 42.3 Å². The summed E-state index contributed by atoms with van der Waals surface area (Å²) in [5.74, 6) is -1.17. The quantitative estimate of drug-likeness (QED) is 0.659. The molecule has 0 saturated heterocycles. The fourth-order valence-electron chi connectivity index (χ4n) is 1.50. The number of nitrogens with zero attached hydrogens (tertiary/aromatic N) is 1. The Bertz CT molecular complexity index is 593. The number of hydrogen-bond acceptors (Lipinski definition) is 5. The van der Waals surface area contributed by atoms with Crippen LogP contribution in [-0.2, 0) is 4.74 Å². The van der Waals surface area contributed by atoms with Gasteiger partial charge in [0.15, 0.2) is 5.75 Å². The van der Waals surface area contributed by atoms with Gasteiger partial charge in [-0.3, -0.25) is 0 Å². The van der Waals surface area contributed by atoms with Gasteiger partial charge in [0.25, 0.3) is 0 Å². The smallest absolute Gasteiger partial charge is 0.478 e. The van der Waals surface area contributed by atoms with E-state index in [1.165, 1.54) is 19.1 Å². The lowest BCUT2D eigenvalue weighted by Crippen LogP contribution is -2.26. The molecule has 0 aromatic heterocycles. The third-order valence-corrected chi connectivity index (χ3v) is 2.35. The van der Waals surface area contributed by atoms with Crippen LogP contribution in [-0.4, -0.2) is 22.8 Å². The summed E-state index contributed by atoms with van der Waals surface area (Å²) in [6, 6.07) is 4.37. The van der Waals surface area contributed by atoms with E-state index in [1.807, 2.05) is 6.07 Å². The van der Waals surface area contributed by atoms with E-state index in [4.69, 9.17) is 19.8 Å². The second-order valence-corrected chi connectivity index (χ2v) is 5.09. The Morgan fingerprint density at radius 1 is 1.30 bits per heavy atom. The summed E-state index contributed by atoms with van der Waals surface area (Å²) in [5.41, 5.74) is -0.505. The number of rotatable bonds is 2. The molecule has 1 aromatic rings. The number of carboxylic acids is 1. The standard InChI is InChI=1S/C14H15NO5/c1-8-9(12(16)17)5-6-11(10(8)7-15)19-13(18)20-14(2,3)4/h5-6H,1-4H3,(H,16,17). The fourth-order valence-corrected chi connectivity index (χ4v) is 1.50. The third-order valence-electron chi connectivity index (χ3n) is 2.35. The maximum atomic E-state index is 11.6. The van der Waals surface area contributed by atoms with Crippen LogP contribution in [0, 0.1) is 18.3 Å². The van der Waals surface area contributed by atoms with Crippen molar-refractivity contribution in [3.05, 3.63) is 28.8 Å². The molecule has 106 valence electrons. The maximum Gasteiger partial charge on any atom is 0.514 e. The first kappa shape index (κ1) is 15.5. The first-order valence-electron chi connectivity index (χ1n) is 5.83. The predicted octanol–water partition coefficient (Wildman–Crippen LogP) is 2.88. The normalized spacial score (nSPS) is 10.6. The molecule has 0 aliphatic carbocycles. The predicted molar refractivity (Wildman–Crippen MR) is 69.7 cm³/mol. The minimum absolute atomic E-state index is 0.00393. The molecule has 0 amide bonds. The Labute approximate surface area is 116 Å². The van der Waals surface area contributed by atoms with Crippen molar-refractivity contribution in [2.24, 2.45) is 0 Å². The van der Waals surface area contributed by atoms with Crippen LogP contribution in [0.3, 0.4) is 0 Å². The third kappa shape index (κ3) is 3.72. The van der Waals surface area contributed by atoms with Gasteiger partial charge in [0.05, 0.1) is 11.1 Å². The molecule has 0 bridgehead atoms. The van der Waals surface area contributed by atoms with Crippen LogP contribution >= 0.6 is 0 Å². The Kier molecular flexibility index (Phi) is 4.35. The van der Waals surface area contributed by atoms with Gasteiger partial charge in [-0.1, -0.05) is 0 Å². The zero-order valence-electron chi connectivity index (χ0n) is 11.7. The number of carbonyl (C=O) groups is 2. The molecule has 1 aromatic carbocycles. The van der Waals surface area contributed by atoms with Crippen LogP contribution in [0.15, 0.2) is 12.1 Å². The molecule has 20 heavy (non-hydrogen) atoms. The van der Waals surface area contributed by atoms with E-state index in [1.54, 1.807) is 20.8 Å². The highest BCUT2D eigenvalue weighted by Gasteiger charge is 2.21.